The minimum atomic E-state index is -4.93. The maximum Gasteiger partial charge on any atom is 0.416 e. The van der Waals surface area contributed by atoms with Gasteiger partial charge in [0.2, 0.25) is 0 Å². The van der Waals surface area contributed by atoms with E-state index in [2.05, 4.69) is 24.1 Å². The standard InChI is InChI=1S/C25H25F6N3O/c1-15(2)4-5-16(3)33-23(35)22-13-32-14-34(22)21-8-6-17(7-9-21)18-10-19(24(26,27)28)12-20(11-18)25(29,30)31/h6-16H,4-5H2,1-3H3,(H,33,35)/t16-/m1/s1. The molecule has 1 heterocycles. The highest BCUT2D eigenvalue weighted by Crippen LogP contribution is 2.38. The van der Waals surface area contributed by atoms with E-state index in [0.717, 1.165) is 12.8 Å². The van der Waals surface area contributed by atoms with Crippen molar-refractivity contribution in [3.05, 3.63) is 71.8 Å². The third kappa shape index (κ3) is 6.64. The summed E-state index contributed by atoms with van der Waals surface area (Å²) >= 11 is 0. The van der Waals surface area contributed by atoms with Gasteiger partial charge in [0.05, 0.1) is 23.7 Å². The minimum Gasteiger partial charge on any atom is -0.348 e. The molecular formula is C25H25F6N3O. The SMILES string of the molecule is CC(C)CC[C@@H](C)NC(=O)c1cncn1-c1ccc(-c2cc(C(F)(F)F)cc(C(F)(F)F)c2)cc1. The Kier molecular flexibility index (Phi) is 7.62. The number of benzene rings is 2. The first-order valence-electron chi connectivity index (χ1n) is 11.0. The quantitative estimate of drug-likeness (QED) is 0.353. The van der Waals surface area contributed by atoms with Crippen molar-refractivity contribution >= 4 is 5.91 Å². The molecule has 3 rings (SSSR count). The second kappa shape index (κ2) is 10.1. The first-order chi connectivity index (χ1) is 16.3. The van der Waals surface area contributed by atoms with Crippen LogP contribution < -0.4 is 5.32 Å². The maximum atomic E-state index is 13.2. The predicted molar refractivity (Wildman–Crippen MR) is 120 cm³/mol. The highest BCUT2D eigenvalue weighted by atomic mass is 19.4. The molecule has 0 saturated carbocycles. The fraction of sp³-hybridized carbons (Fsp3) is 0.360. The molecule has 0 saturated heterocycles. The zero-order valence-corrected chi connectivity index (χ0v) is 19.3. The fourth-order valence-corrected chi connectivity index (χ4v) is 3.56. The molecule has 1 atom stereocenters. The molecule has 0 aliphatic heterocycles. The van der Waals surface area contributed by atoms with Crippen molar-refractivity contribution in [2.24, 2.45) is 5.92 Å². The van der Waals surface area contributed by atoms with Gasteiger partial charge in [-0.05, 0) is 67.1 Å². The number of nitrogens with zero attached hydrogens (tertiary/aromatic N) is 2. The van der Waals surface area contributed by atoms with Crippen LogP contribution in [0.5, 0.6) is 0 Å². The number of carbonyl (C=O) groups excluding carboxylic acids is 1. The van der Waals surface area contributed by atoms with Gasteiger partial charge in [-0.1, -0.05) is 26.0 Å². The summed E-state index contributed by atoms with van der Waals surface area (Å²) in [5.41, 5.74) is -2.08. The van der Waals surface area contributed by atoms with Gasteiger partial charge in [-0.15, -0.1) is 0 Å². The van der Waals surface area contributed by atoms with Crippen LogP contribution in [-0.4, -0.2) is 21.5 Å². The molecular weight excluding hydrogens is 472 g/mol. The summed E-state index contributed by atoms with van der Waals surface area (Å²) in [5.74, 6) is 0.165. The highest BCUT2D eigenvalue weighted by molar-refractivity contribution is 5.93. The molecule has 4 nitrogen and oxygen atoms in total. The van der Waals surface area contributed by atoms with Crippen molar-refractivity contribution in [2.45, 2.75) is 52.0 Å². The van der Waals surface area contributed by atoms with E-state index in [1.165, 1.54) is 41.4 Å². The monoisotopic (exact) mass is 497 g/mol. The highest BCUT2D eigenvalue weighted by Gasteiger charge is 2.37. The number of alkyl halides is 6. The first-order valence-corrected chi connectivity index (χ1v) is 11.0. The second-order valence-electron chi connectivity index (χ2n) is 8.84. The Morgan fingerprint density at radius 2 is 1.46 bits per heavy atom. The van der Waals surface area contributed by atoms with E-state index >= 15 is 0 Å². The van der Waals surface area contributed by atoms with E-state index in [1.807, 2.05) is 6.92 Å². The number of hydrogen-bond acceptors (Lipinski definition) is 2. The molecule has 0 fully saturated rings. The zero-order valence-electron chi connectivity index (χ0n) is 19.3. The molecule has 0 aliphatic carbocycles. The van der Waals surface area contributed by atoms with E-state index in [0.29, 0.717) is 23.7 Å². The molecule has 1 N–H and O–H groups in total. The van der Waals surface area contributed by atoms with E-state index in [1.54, 1.807) is 0 Å². The molecule has 188 valence electrons. The molecule has 0 bridgehead atoms. The van der Waals surface area contributed by atoms with Crippen LogP contribution in [0.25, 0.3) is 16.8 Å². The van der Waals surface area contributed by atoms with Crippen molar-refractivity contribution in [2.75, 3.05) is 0 Å². The summed E-state index contributed by atoms with van der Waals surface area (Å²) in [6, 6.07) is 7.20. The van der Waals surface area contributed by atoms with Gasteiger partial charge >= 0.3 is 12.4 Å². The molecule has 1 aromatic heterocycles. The molecule has 3 aromatic rings. The molecule has 0 aliphatic rings. The Bertz CT molecular complexity index is 1130. The van der Waals surface area contributed by atoms with Gasteiger partial charge in [-0.2, -0.15) is 26.3 Å². The van der Waals surface area contributed by atoms with Gasteiger partial charge < -0.3 is 5.32 Å². The second-order valence-corrected chi connectivity index (χ2v) is 8.84. The lowest BCUT2D eigenvalue weighted by atomic mass is 9.99. The van der Waals surface area contributed by atoms with Gasteiger partial charge in [-0.3, -0.25) is 9.36 Å². The summed E-state index contributed by atoms with van der Waals surface area (Å²) < 4.78 is 80.6. The Labute approximate surface area is 199 Å². The number of nitrogens with one attached hydrogen (secondary N) is 1. The summed E-state index contributed by atoms with van der Waals surface area (Å²) in [5, 5.41) is 2.91. The van der Waals surface area contributed by atoms with Crippen LogP contribution in [0.1, 0.15) is 55.2 Å². The predicted octanol–water partition coefficient (Wildman–Crippen LogP) is 7.13. The first kappa shape index (κ1) is 26.3. The van der Waals surface area contributed by atoms with Gasteiger partial charge in [-0.25, -0.2) is 4.98 Å². The molecule has 10 heteroatoms. The van der Waals surface area contributed by atoms with Crippen molar-refractivity contribution in [1.82, 2.24) is 14.9 Å². The lowest BCUT2D eigenvalue weighted by Crippen LogP contribution is -2.33. The summed E-state index contributed by atoms with van der Waals surface area (Å²) in [6.07, 6.45) is -5.30. The average Bonchev–Trinajstić information content (AvgIpc) is 3.26. The summed E-state index contributed by atoms with van der Waals surface area (Å²) in [7, 11) is 0. The number of amides is 1. The van der Waals surface area contributed by atoms with Crippen molar-refractivity contribution in [3.63, 3.8) is 0 Å². The van der Waals surface area contributed by atoms with Crippen LogP contribution in [-0.2, 0) is 12.4 Å². The average molecular weight is 497 g/mol. The number of carbonyl (C=O) groups is 1. The number of hydrogen-bond donors (Lipinski definition) is 1. The topological polar surface area (TPSA) is 46.9 Å². The van der Waals surface area contributed by atoms with E-state index in [9.17, 15) is 31.1 Å². The zero-order chi connectivity index (χ0) is 26.0. The van der Waals surface area contributed by atoms with Crippen LogP contribution >= 0.6 is 0 Å². The van der Waals surface area contributed by atoms with Crippen molar-refractivity contribution < 1.29 is 31.1 Å². The number of halogens is 6. The Morgan fingerprint density at radius 3 is 1.97 bits per heavy atom. The minimum absolute atomic E-state index is 0.0561. The smallest absolute Gasteiger partial charge is 0.348 e. The Hall–Kier alpha value is -3.30. The number of rotatable bonds is 7. The molecule has 0 unspecified atom stereocenters. The van der Waals surface area contributed by atoms with Crippen LogP contribution in [0.2, 0.25) is 0 Å². The van der Waals surface area contributed by atoms with E-state index < -0.39 is 23.5 Å². The number of imidazole rings is 1. The van der Waals surface area contributed by atoms with Crippen LogP contribution in [0.15, 0.2) is 55.0 Å². The van der Waals surface area contributed by atoms with Crippen LogP contribution in [0.3, 0.4) is 0 Å². The molecule has 35 heavy (non-hydrogen) atoms. The lowest BCUT2D eigenvalue weighted by molar-refractivity contribution is -0.143. The van der Waals surface area contributed by atoms with Crippen LogP contribution in [0, 0.1) is 5.92 Å². The molecule has 0 spiro atoms. The van der Waals surface area contributed by atoms with Gasteiger partial charge in [0, 0.05) is 11.7 Å². The maximum absolute atomic E-state index is 13.2. The van der Waals surface area contributed by atoms with Crippen LogP contribution in [0.4, 0.5) is 26.3 Å². The Balaban J connectivity index is 1.87. The molecule has 0 radical (unpaired) electrons. The normalized spacial score (nSPS) is 13.2. The van der Waals surface area contributed by atoms with E-state index in [4.69, 9.17) is 0 Å². The van der Waals surface area contributed by atoms with Crippen molar-refractivity contribution in [1.29, 1.82) is 0 Å². The van der Waals surface area contributed by atoms with Gasteiger partial charge in [0.1, 0.15) is 5.69 Å². The fourth-order valence-electron chi connectivity index (χ4n) is 3.56. The summed E-state index contributed by atoms with van der Waals surface area (Å²) in [6.45, 7) is 6.09. The third-order valence-corrected chi connectivity index (χ3v) is 5.49. The van der Waals surface area contributed by atoms with Gasteiger partial charge in [0.25, 0.3) is 5.91 Å². The van der Waals surface area contributed by atoms with E-state index in [-0.39, 0.29) is 34.8 Å². The molecule has 1 amide bonds. The van der Waals surface area contributed by atoms with Gasteiger partial charge in [0.15, 0.2) is 0 Å². The lowest BCUT2D eigenvalue weighted by Gasteiger charge is -2.16. The largest absolute Gasteiger partial charge is 0.416 e. The van der Waals surface area contributed by atoms with Crippen molar-refractivity contribution in [3.8, 4) is 16.8 Å². The third-order valence-electron chi connectivity index (χ3n) is 5.49. The number of aromatic nitrogens is 2. The Morgan fingerprint density at radius 1 is 0.886 bits per heavy atom. The molecule has 2 aromatic carbocycles. The summed E-state index contributed by atoms with van der Waals surface area (Å²) in [4.78, 5) is 16.7.